The number of piperidine rings is 1. The molecule has 3 unspecified atom stereocenters. The first kappa shape index (κ1) is 16.1. The van der Waals surface area contributed by atoms with Crippen LogP contribution in [0.3, 0.4) is 0 Å². The smallest absolute Gasteiger partial charge is 0.228 e. The van der Waals surface area contributed by atoms with Crippen LogP contribution in [0.4, 0.5) is 0 Å². The highest BCUT2D eigenvalue weighted by Gasteiger charge is 2.29. The minimum absolute atomic E-state index is 0. The normalized spacial score (nSPS) is 27.8. The van der Waals surface area contributed by atoms with Gasteiger partial charge in [0.2, 0.25) is 5.91 Å². The molecule has 3 rings (SSSR count). The summed E-state index contributed by atoms with van der Waals surface area (Å²) in [6.45, 7) is 3.77. The number of carbonyl (C=O) groups is 1. The number of nitrogens with one attached hydrogen (secondary N) is 2. The van der Waals surface area contributed by atoms with E-state index < -0.39 is 0 Å². The van der Waals surface area contributed by atoms with Crippen LogP contribution in [0, 0.1) is 0 Å². The van der Waals surface area contributed by atoms with Crippen LogP contribution < -0.4 is 15.4 Å². The van der Waals surface area contributed by atoms with Crippen molar-refractivity contribution in [2.24, 2.45) is 0 Å². The van der Waals surface area contributed by atoms with E-state index in [-0.39, 0.29) is 24.2 Å². The molecule has 1 aromatic carbocycles. The summed E-state index contributed by atoms with van der Waals surface area (Å²) < 4.78 is 5.62. The lowest BCUT2D eigenvalue weighted by molar-refractivity contribution is -0.124. The monoisotopic (exact) mass is 310 g/mol. The Labute approximate surface area is 132 Å². The number of hydrogen-bond acceptors (Lipinski definition) is 3. The molecule has 1 fully saturated rings. The quantitative estimate of drug-likeness (QED) is 0.881. The molecule has 2 aliphatic heterocycles. The van der Waals surface area contributed by atoms with E-state index in [2.05, 4.69) is 17.6 Å². The van der Waals surface area contributed by atoms with Gasteiger partial charge in [0.1, 0.15) is 5.75 Å². The molecule has 21 heavy (non-hydrogen) atoms. The Bertz CT molecular complexity index is 495. The Morgan fingerprint density at radius 3 is 2.95 bits per heavy atom. The summed E-state index contributed by atoms with van der Waals surface area (Å²) in [5.41, 5.74) is 1.03. The molecule has 3 atom stereocenters. The predicted octanol–water partition coefficient (Wildman–Crippen LogP) is 2.23. The molecular formula is C16H23ClN2O2. The third-order valence-corrected chi connectivity index (χ3v) is 4.25. The molecule has 0 radical (unpaired) electrons. The van der Waals surface area contributed by atoms with E-state index in [4.69, 9.17) is 4.74 Å². The highest BCUT2D eigenvalue weighted by molar-refractivity contribution is 5.85. The topological polar surface area (TPSA) is 50.4 Å². The summed E-state index contributed by atoms with van der Waals surface area (Å²) in [5.74, 6) is 0.947. The summed E-state index contributed by atoms with van der Waals surface area (Å²) >= 11 is 0. The molecule has 5 heteroatoms. The van der Waals surface area contributed by atoms with E-state index in [1.54, 1.807) is 0 Å². The molecule has 4 nitrogen and oxygen atoms in total. The number of ether oxygens (including phenoxy) is 1. The van der Waals surface area contributed by atoms with Crippen molar-refractivity contribution in [2.75, 3.05) is 13.2 Å². The predicted molar refractivity (Wildman–Crippen MR) is 85.2 cm³/mol. The van der Waals surface area contributed by atoms with Gasteiger partial charge in [0, 0.05) is 17.6 Å². The molecule has 0 aliphatic carbocycles. The number of rotatable bonds is 2. The Kier molecular flexibility index (Phi) is 5.48. The maximum Gasteiger partial charge on any atom is 0.228 e. The zero-order valence-electron chi connectivity index (χ0n) is 12.3. The summed E-state index contributed by atoms with van der Waals surface area (Å²) in [4.78, 5) is 12.5. The van der Waals surface area contributed by atoms with Gasteiger partial charge in [-0.3, -0.25) is 4.79 Å². The van der Waals surface area contributed by atoms with E-state index in [1.807, 2.05) is 24.3 Å². The van der Waals surface area contributed by atoms with Crippen molar-refractivity contribution < 1.29 is 9.53 Å². The fraction of sp³-hybridized carbons (Fsp3) is 0.562. The van der Waals surface area contributed by atoms with E-state index >= 15 is 0 Å². The third kappa shape index (κ3) is 3.69. The van der Waals surface area contributed by atoms with Gasteiger partial charge in [-0.1, -0.05) is 18.2 Å². The molecule has 1 amide bonds. The summed E-state index contributed by atoms with van der Waals surface area (Å²) in [6, 6.07) is 8.66. The number of carbonyl (C=O) groups excluding carboxylic acids is 1. The van der Waals surface area contributed by atoms with Crippen molar-refractivity contribution in [2.45, 2.75) is 44.2 Å². The number of para-hydroxylation sites is 1. The fourth-order valence-corrected chi connectivity index (χ4v) is 3.18. The van der Waals surface area contributed by atoms with Crippen molar-refractivity contribution in [1.82, 2.24) is 10.6 Å². The van der Waals surface area contributed by atoms with Crippen molar-refractivity contribution in [1.29, 1.82) is 0 Å². The van der Waals surface area contributed by atoms with Gasteiger partial charge in [0.25, 0.3) is 0 Å². The molecule has 0 bridgehead atoms. The van der Waals surface area contributed by atoms with Gasteiger partial charge in [-0.15, -0.1) is 12.4 Å². The molecule has 2 heterocycles. The molecule has 0 spiro atoms. The van der Waals surface area contributed by atoms with Gasteiger partial charge >= 0.3 is 0 Å². The largest absolute Gasteiger partial charge is 0.493 e. The van der Waals surface area contributed by atoms with E-state index in [9.17, 15) is 4.79 Å². The van der Waals surface area contributed by atoms with Crippen molar-refractivity contribution in [3.63, 3.8) is 0 Å². The standard InChI is InChI=1S/C16H22N2O2.ClH/c1-11-10-12(6-8-17-11)18-16(19)14-7-9-20-15-5-3-2-4-13(14)15;/h2-5,11-12,14,17H,6-10H2,1H3,(H,18,19);1H. The number of halogens is 1. The highest BCUT2D eigenvalue weighted by atomic mass is 35.5. The average Bonchev–Trinajstić information content (AvgIpc) is 2.46. The van der Waals surface area contributed by atoms with Crippen molar-refractivity contribution >= 4 is 18.3 Å². The van der Waals surface area contributed by atoms with E-state index in [1.165, 1.54) is 0 Å². The number of hydrogen-bond donors (Lipinski definition) is 2. The van der Waals surface area contributed by atoms with Crippen LogP contribution in [0.1, 0.15) is 37.7 Å². The van der Waals surface area contributed by atoms with Crippen LogP contribution in [-0.2, 0) is 4.79 Å². The molecule has 2 N–H and O–H groups in total. The second-order valence-electron chi connectivity index (χ2n) is 5.81. The van der Waals surface area contributed by atoms with Gasteiger partial charge in [-0.05, 0) is 38.8 Å². The molecule has 116 valence electrons. The lowest BCUT2D eigenvalue weighted by Crippen LogP contribution is -2.48. The number of amides is 1. The van der Waals surface area contributed by atoms with E-state index in [0.717, 1.165) is 37.1 Å². The third-order valence-electron chi connectivity index (χ3n) is 4.25. The van der Waals surface area contributed by atoms with Gasteiger partial charge in [-0.25, -0.2) is 0 Å². The Morgan fingerprint density at radius 1 is 1.33 bits per heavy atom. The van der Waals surface area contributed by atoms with Gasteiger partial charge in [0.05, 0.1) is 12.5 Å². The summed E-state index contributed by atoms with van der Waals surface area (Å²) in [6.07, 6.45) is 2.79. The number of fused-ring (bicyclic) bond motifs is 1. The van der Waals surface area contributed by atoms with Crippen LogP contribution in [-0.4, -0.2) is 31.1 Å². The first-order valence-corrected chi connectivity index (χ1v) is 7.49. The van der Waals surface area contributed by atoms with Crippen molar-refractivity contribution in [3.8, 4) is 5.75 Å². The summed E-state index contributed by atoms with van der Waals surface area (Å²) in [7, 11) is 0. The molecule has 1 aromatic rings. The van der Waals surface area contributed by atoms with Crippen LogP contribution in [0.5, 0.6) is 5.75 Å². The second kappa shape index (κ2) is 7.14. The second-order valence-corrected chi connectivity index (χ2v) is 5.81. The van der Waals surface area contributed by atoms with Gasteiger partial charge in [0.15, 0.2) is 0 Å². The highest BCUT2D eigenvalue weighted by Crippen LogP contribution is 2.33. The number of benzene rings is 1. The van der Waals surface area contributed by atoms with E-state index in [0.29, 0.717) is 18.7 Å². The molecule has 2 aliphatic rings. The molecule has 0 aromatic heterocycles. The van der Waals surface area contributed by atoms with Crippen LogP contribution in [0.2, 0.25) is 0 Å². The minimum atomic E-state index is -0.0647. The first-order chi connectivity index (χ1) is 9.74. The SMILES string of the molecule is CC1CC(NC(=O)C2CCOc3ccccc32)CCN1.Cl. The lowest BCUT2D eigenvalue weighted by atomic mass is 9.91. The Morgan fingerprint density at radius 2 is 2.14 bits per heavy atom. The molecule has 1 saturated heterocycles. The summed E-state index contributed by atoms with van der Waals surface area (Å²) in [5, 5.41) is 6.63. The molecule has 0 saturated carbocycles. The first-order valence-electron chi connectivity index (χ1n) is 7.49. The minimum Gasteiger partial charge on any atom is -0.493 e. The van der Waals surface area contributed by atoms with Crippen LogP contribution in [0.25, 0.3) is 0 Å². The zero-order valence-corrected chi connectivity index (χ0v) is 13.1. The van der Waals surface area contributed by atoms with Gasteiger partial charge < -0.3 is 15.4 Å². The van der Waals surface area contributed by atoms with Crippen LogP contribution in [0.15, 0.2) is 24.3 Å². The zero-order chi connectivity index (χ0) is 13.9. The Hall–Kier alpha value is -1.26. The van der Waals surface area contributed by atoms with Crippen molar-refractivity contribution in [3.05, 3.63) is 29.8 Å². The van der Waals surface area contributed by atoms with Crippen LogP contribution >= 0.6 is 12.4 Å². The van der Waals surface area contributed by atoms with Gasteiger partial charge in [-0.2, -0.15) is 0 Å². The maximum atomic E-state index is 12.5. The fourth-order valence-electron chi connectivity index (χ4n) is 3.18. The Balaban J connectivity index is 0.00000161. The average molecular weight is 311 g/mol. The maximum absolute atomic E-state index is 12.5. The lowest BCUT2D eigenvalue weighted by Gasteiger charge is -2.31. The molecular weight excluding hydrogens is 288 g/mol.